The van der Waals surface area contributed by atoms with E-state index < -0.39 is 0 Å². The zero-order chi connectivity index (χ0) is 18.8. The minimum atomic E-state index is -0.110. The molecule has 3 aromatic heterocycles. The minimum absolute atomic E-state index is 0.0419. The summed E-state index contributed by atoms with van der Waals surface area (Å²) in [7, 11) is 3.33. The van der Waals surface area contributed by atoms with E-state index in [9.17, 15) is 4.79 Å². The minimum Gasteiger partial charge on any atom is -0.480 e. The number of aromatic nitrogens is 4. The molecule has 1 unspecified atom stereocenters. The topological polar surface area (TPSA) is 82.4 Å². The Balaban J connectivity index is 1.42. The van der Waals surface area contributed by atoms with Crippen molar-refractivity contribution in [2.45, 2.75) is 12.5 Å². The number of ether oxygens (including phenoxy) is 2. The molecule has 0 saturated carbocycles. The molecule has 1 aliphatic rings. The number of carbonyl (C=O) groups is 1. The van der Waals surface area contributed by atoms with Gasteiger partial charge in [0.25, 0.3) is 5.91 Å². The Hall–Kier alpha value is -2.94. The van der Waals surface area contributed by atoms with Gasteiger partial charge in [-0.05, 0) is 17.5 Å². The van der Waals surface area contributed by atoms with Crippen LogP contribution in [0.25, 0.3) is 10.6 Å². The monoisotopic (exact) mass is 385 g/mol. The lowest BCUT2D eigenvalue weighted by atomic mass is 10.3. The molecule has 0 N–H and O–H groups in total. The molecule has 1 atom stereocenters. The van der Waals surface area contributed by atoms with Gasteiger partial charge in [-0.15, -0.1) is 21.5 Å². The number of thiophene rings is 1. The molecular formula is C18H19N5O3S. The van der Waals surface area contributed by atoms with Crippen LogP contribution in [0.5, 0.6) is 11.8 Å². The summed E-state index contributed by atoms with van der Waals surface area (Å²) < 4.78 is 12.5. The number of nitrogens with zero attached hydrogens (tertiary/aromatic N) is 5. The van der Waals surface area contributed by atoms with Crippen LogP contribution >= 0.6 is 11.3 Å². The standard InChI is InChI=1S/C18H19N5O3S/c1-22-14(10-13(21-22)15-4-3-9-27-15)18(24)23-8-7-12(11-23)26-17-6-5-16(25-2)19-20-17/h3-6,9-10,12H,7-8,11H2,1-2H3. The fourth-order valence-electron chi connectivity index (χ4n) is 3.03. The van der Waals surface area contributed by atoms with Crippen molar-refractivity contribution in [3.8, 4) is 22.3 Å². The summed E-state index contributed by atoms with van der Waals surface area (Å²) >= 11 is 1.60. The molecule has 1 amide bonds. The highest BCUT2D eigenvalue weighted by atomic mass is 32.1. The van der Waals surface area contributed by atoms with Crippen LogP contribution in [-0.2, 0) is 7.05 Å². The third-order valence-corrected chi connectivity index (χ3v) is 5.31. The lowest BCUT2D eigenvalue weighted by molar-refractivity contribution is 0.0760. The zero-order valence-corrected chi connectivity index (χ0v) is 15.8. The molecule has 0 bridgehead atoms. The molecular weight excluding hydrogens is 366 g/mol. The van der Waals surface area contributed by atoms with Gasteiger partial charge in [0.1, 0.15) is 17.5 Å². The average molecular weight is 385 g/mol. The van der Waals surface area contributed by atoms with Gasteiger partial charge in [0.2, 0.25) is 11.8 Å². The highest BCUT2D eigenvalue weighted by Crippen LogP contribution is 2.25. The number of aryl methyl sites for hydroxylation is 1. The van der Waals surface area contributed by atoms with E-state index in [1.54, 1.807) is 40.1 Å². The average Bonchev–Trinajstić information content (AvgIpc) is 3.42. The molecule has 4 heterocycles. The second-order valence-corrected chi connectivity index (χ2v) is 7.16. The van der Waals surface area contributed by atoms with Crippen LogP contribution in [0.3, 0.4) is 0 Å². The smallest absolute Gasteiger partial charge is 0.272 e. The number of hydrogen-bond donors (Lipinski definition) is 0. The maximum absolute atomic E-state index is 12.9. The van der Waals surface area contributed by atoms with E-state index in [0.29, 0.717) is 30.5 Å². The maximum atomic E-state index is 12.9. The van der Waals surface area contributed by atoms with E-state index in [2.05, 4.69) is 15.3 Å². The van der Waals surface area contributed by atoms with Crippen molar-refractivity contribution >= 4 is 17.2 Å². The predicted molar refractivity (Wildman–Crippen MR) is 100 cm³/mol. The molecule has 0 radical (unpaired) electrons. The van der Waals surface area contributed by atoms with E-state index in [1.165, 1.54) is 7.11 Å². The van der Waals surface area contributed by atoms with E-state index in [-0.39, 0.29) is 12.0 Å². The molecule has 1 aliphatic heterocycles. The molecule has 4 rings (SSSR count). The van der Waals surface area contributed by atoms with Gasteiger partial charge in [-0.25, -0.2) is 0 Å². The van der Waals surface area contributed by atoms with Crippen LogP contribution in [-0.4, -0.2) is 57.1 Å². The van der Waals surface area contributed by atoms with Crippen molar-refractivity contribution in [3.63, 3.8) is 0 Å². The lowest BCUT2D eigenvalue weighted by Crippen LogP contribution is -2.32. The highest BCUT2D eigenvalue weighted by molar-refractivity contribution is 7.13. The Morgan fingerprint density at radius 2 is 2.07 bits per heavy atom. The number of hydrogen-bond acceptors (Lipinski definition) is 7. The molecule has 1 saturated heterocycles. The van der Waals surface area contributed by atoms with Gasteiger partial charge in [0, 0.05) is 32.1 Å². The van der Waals surface area contributed by atoms with Crippen LogP contribution in [0, 0.1) is 0 Å². The van der Waals surface area contributed by atoms with E-state index in [0.717, 1.165) is 17.0 Å². The fourth-order valence-corrected chi connectivity index (χ4v) is 3.71. The lowest BCUT2D eigenvalue weighted by Gasteiger charge is -2.16. The summed E-state index contributed by atoms with van der Waals surface area (Å²) in [5.41, 5.74) is 1.39. The summed E-state index contributed by atoms with van der Waals surface area (Å²) in [6.45, 7) is 1.14. The second-order valence-electron chi connectivity index (χ2n) is 6.21. The Morgan fingerprint density at radius 1 is 1.26 bits per heavy atom. The molecule has 27 heavy (non-hydrogen) atoms. The van der Waals surface area contributed by atoms with Crippen molar-refractivity contribution in [2.75, 3.05) is 20.2 Å². The van der Waals surface area contributed by atoms with Gasteiger partial charge in [-0.1, -0.05) is 6.07 Å². The Bertz CT molecular complexity index is 923. The summed E-state index contributed by atoms with van der Waals surface area (Å²) in [5.74, 6) is 0.818. The van der Waals surface area contributed by atoms with Gasteiger partial charge < -0.3 is 14.4 Å². The highest BCUT2D eigenvalue weighted by Gasteiger charge is 2.30. The third-order valence-electron chi connectivity index (χ3n) is 4.42. The second kappa shape index (κ2) is 7.36. The van der Waals surface area contributed by atoms with Crippen molar-refractivity contribution in [2.24, 2.45) is 7.05 Å². The van der Waals surface area contributed by atoms with Crippen LogP contribution in [0.15, 0.2) is 35.7 Å². The molecule has 1 fully saturated rings. The first-order valence-corrected chi connectivity index (χ1v) is 9.43. The van der Waals surface area contributed by atoms with E-state index in [4.69, 9.17) is 9.47 Å². The van der Waals surface area contributed by atoms with Gasteiger partial charge in [0.05, 0.1) is 18.5 Å². The SMILES string of the molecule is COc1ccc(OC2CCN(C(=O)c3cc(-c4cccs4)nn3C)C2)nn1. The summed E-state index contributed by atoms with van der Waals surface area (Å²) in [6, 6.07) is 9.22. The van der Waals surface area contributed by atoms with Crippen molar-refractivity contribution in [1.29, 1.82) is 0 Å². The Morgan fingerprint density at radius 3 is 2.78 bits per heavy atom. The first kappa shape index (κ1) is 17.5. The predicted octanol–water partition coefficient (Wildman–Crippen LogP) is 2.24. The first-order valence-electron chi connectivity index (χ1n) is 8.55. The summed E-state index contributed by atoms with van der Waals surface area (Å²) in [5, 5.41) is 14.3. The summed E-state index contributed by atoms with van der Waals surface area (Å²) in [6.07, 6.45) is 0.636. The van der Waals surface area contributed by atoms with Crippen molar-refractivity contribution < 1.29 is 14.3 Å². The number of carbonyl (C=O) groups excluding carboxylic acids is 1. The molecule has 9 heteroatoms. The molecule has 0 aliphatic carbocycles. The zero-order valence-electron chi connectivity index (χ0n) is 15.0. The Labute approximate surface area is 160 Å². The van der Waals surface area contributed by atoms with Gasteiger partial charge in [0.15, 0.2) is 0 Å². The third kappa shape index (κ3) is 3.63. The molecule has 3 aromatic rings. The van der Waals surface area contributed by atoms with E-state index >= 15 is 0 Å². The van der Waals surface area contributed by atoms with Crippen LogP contribution in [0.2, 0.25) is 0 Å². The summed E-state index contributed by atoms with van der Waals surface area (Å²) in [4.78, 5) is 15.7. The fraction of sp³-hybridized carbons (Fsp3) is 0.333. The Kier molecular flexibility index (Phi) is 4.76. The molecule has 0 aromatic carbocycles. The van der Waals surface area contributed by atoms with Crippen molar-refractivity contribution in [1.82, 2.24) is 24.9 Å². The van der Waals surface area contributed by atoms with Gasteiger partial charge in [-0.3, -0.25) is 9.48 Å². The molecule has 8 nitrogen and oxygen atoms in total. The molecule has 0 spiro atoms. The largest absolute Gasteiger partial charge is 0.480 e. The van der Waals surface area contributed by atoms with Crippen molar-refractivity contribution in [3.05, 3.63) is 41.4 Å². The number of rotatable bonds is 5. The van der Waals surface area contributed by atoms with Crippen LogP contribution in [0.4, 0.5) is 0 Å². The number of likely N-dealkylation sites (tertiary alicyclic amines) is 1. The van der Waals surface area contributed by atoms with Crippen LogP contribution < -0.4 is 9.47 Å². The van der Waals surface area contributed by atoms with Gasteiger partial charge >= 0.3 is 0 Å². The number of methoxy groups -OCH3 is 1. The van der Waals surface area contributed by atoms with E-state index in [1.807, 2.05) is 23.6 Å². The molecule has 140 valence electrons. The first-order chi connectivity index (χ1) is 13.1. The maximum Gasteiger partial charge on any atom is 0.272 e. The van der Waals surface area contributed by atoms with Crippen LogP contribution in [0.1, 0.15) is 16.9 Å². The number of amides is 1. The quantitative estimate of drug-likeness (QED) is 0.670. The normalized spacial score (nSPS) is 16.5. The van der Waals surface area contributed by atoms with Gasteiger partial charge in [-0.2, -0.15) is 5.10 Å².